The summed E-state index contributed by atoms with van der Waals surface area (Å²) < 4.78 is 0. The molecular formula is C26H25N3O5. The molecule has 2 aromatic rings. The monoisotopic (exact) mass is 459 g/mol. The number of ketones is 1. The molecule has 2 aromatic carbocycles. The third kappa shape index (κ3) is 3.01. The van der Waals surface area contributed by atoms with Crippen molar-refractivity contribution in [3.8, 4) is 0 Å². The highest BCUT2D eigenvalue weighted by molar-refractivity contribution is 6.24. The highest BCUT2D eigenvalue weighted by Crippen LogP contribution is 2.54. The Morgan fingerprint density at radius 3 is 2.35 bits per heavy atom. The number of hydrogen-bond acceptors (Lipinski definition) is 6. The lowest BCUT2D eigenvalue weighted by atomic mass is 9.79. The van der Waals surface area contributed by atoms with Crippen molar-refractivity contribution in [3.05, 3.63) is 75.5 Å². The smallest absolute Gasteiger partial charge is 0.269 e. The molecule has 0 N–H and O–H groups in total. The number of nitro benzene ring substituents is 1. The van der Waals surface area contributed by atoms with E-state index in [4.69, 9.17) is 0 Å². The molecule has 0 aromatic heterocycles. The number of nitro groups is 1. The van der Waals surface area contributed by atoms with Gasteiger partial charge in [0.1, 0.15) is 6.04 Å². The number of amides is 2. The largest absolute Gasteiger partial charge is 0.359 e. The molecule has 0 aliphatic carbocycles. The van der Waals surface area contributed by atoms with Gasteiger partial charge in [0.15, 0.2) is 5.78 Å². The van der Waals surface area contributed by atoms with Crippen molar-refractivity contribution in [1.29, 1.82) is 0 Å². The van der Waals surface area contributed by atoms with Gasteiger partial charge in [0.2, 0.25) is 11.8 Å². The fourth-order valence-corrected chi connectivity index (χ4v) is 5.54. The minimum atomic E-state index is -0.838. The average Bonchev–Trinajstić information content (AvgIpc) is 3.25. The zero-order valence-electron chi connectivity index (χ0n) is 19.4. The number of benzene rings is 2. The number of anilines is 1. The Morgan fingerprint density at radius 1 is 1.03 bits per heavy atom. The van der Waals surface area contributed by atoms with E-state index in [1.807, 2.05) is 62.2 Å². The summed E-state index contributed by atoms with van der Waals surface area (Å²) in [5, 5.41) is 11.2. The molecule has 8 heteroatoms. The number of aryl methyl sites for hydroxylation is 1. The van der Waals surface area contributed by atoms with Gasteiger partial charge in [0.05, 0.1) is 28.5 Å². The van der Waals surface area contributed by atoms with E-state index in [0.29, 0.717) is 11.3 Å². The molecule has 3 aliphatic heterocycles. The van der Waals surface area contributed by atoms with Crippen LogP contribution in [0.25, 0.3) is 6.08 Å². The van der Waals surface area contributed by atoms with Crippen LogP contribution in [0.5, 0.6) is 0 Å². The number of non-ortho nitro benzene ring substituents is 1. The van der Waals surface area contributed by atoms with Gasteiger partial charge >= 0.3 is 0 Å². The predicted molar refractivity (Wildman–Crippen MR) is 126 cm³/mol. The molecule has 3 heterocycles. The second kappa shape index (κ2) is 7.35. The summed E-state index contributed by atoms with van der Waals surface area (Å²) in [5.41, 5.74) is 1.82. The summed E-state index contributed by atoms with van der Waals surface area (Å²) in [7, 11) is 0. The van der Waals surface area contributed by atoms with E-state index in [-0.39, 0.29) is 17.4 Å². The van der Waals surface area contributed by atoms with Crippen LogP contribution in [0.1, 0.15) is 43.5 Å². The van der Waals surface area contributed by atoms with Crippen molar-refractivity contribution < 1.29 is 19.3 Å². The fourth-order valence-electron chi connectivity index (χ4n) is 5.54. The second-order valence-electron chi connectivity index (χ2n) is 10.2. The molecule has 0 radical (unpaired) electrons. The van der Waals surface area contributed by atoms with E-state index in [9.17, 15) is 24.5 Å². The van der Waals surface area contributed by atoms with Gasteiger partial charge < -0.3 is 4.90 Å². The molecular weight excluding hydrogens is 434 g/mol. The van der Waals surface area contributed by atoms with Crippen molar-refractivity contribution in [3.63, 3.8) is 0 Å². The number of carbonyl (C=O) groups excluding carboxylic acids is 3. The highest BCUT2D eigenvalue weighted by Gasteiger charge is 2.65. The summed E-state index contributed by atoms with van der Waals surface area (Å²) in [6.07, 6.45) is 3.75. The van der Waals surface area contributed by atoms with Gasteiger partial charge in [0.25, 0.3) is 5.69 Å². The molecule has 8 nitrogen and oxygen atoms in total. The van der Waals surface area contributed by atoms with Gasteiger partial charge in [-0.15, -0.1) is 0 Å². The standard InChI is InChI=1S/C26H25N3O5/c1-14-13-16(29(33)34)9-10-18(14)28-24(31)19-20(25(28)32)22(23(30)26(2,3)4)27-12-11-15-7-5-6-8-17(15)21(19)27/h5-13,19-22H,1-4H3/t19-,20+,21+,22-/m1/s1. The molecule has 2 fully saturated rings. The molecule has 0 spiro atoms. The Bertz CT molecular complexity index is 1290. The van der Waals surface area contributed by atoms with Gasteiger partial charge in [-0.25, -0.2) is 4.90 Å². The number of nitrogens with zero attached hydrogens (tertiary/aromatic N) is 3. The zero-order valence-corrected chi connectivity index (χ0v) is 19.4. The lowest BCUT2D eigenvalue weighted by Crippen LogP contribution is -2.47. The van der Waals surface area contributed by atoms with Crippen LogP contribution in [-0.2, 0) is 14.4 Å². The van der Waals surface area contributed by atoms with Gasteiger partial charge in [-0.1, -0.05) is 45.0 Å². The topological polar surface area (TPSA) is 101 Å². The van der Waals surface area contributed by atoms with E-state index in [1.165, 1.54) is 18.2 Å². The lowest BCUT2D eigenvalue weighted by Gasteiger charge is -2.37. The summed E-state index contributed by atoms with van der Waals surface area (Å²) in [6.45, 7) is 7.09. The minimum Gasteiger partial charge on any atom is -0.359 e. The third-order valence-electron chi connectivity index (χ3n) is 7.10. The predicted octanol–water partition coefficient (Wildman–Crippen LogP) is 4.03. The fraction of sp³-hybridized carbons (Fsp3) is 0.346. The maximum absolute atomic E-state index is 13.9. The molecule has 174 valence electrons. The van der Waals surface area contributed by atoms with E-state index >= 15 is 0 Å². The van der Waals surface area contributed by atoms with Crippen LogP contribution < -0.4 is 4.90 Å². The zero-order chi connectivity index (χ0) is 24.5. The van der Waals surface area contributed by atoms with Crippen LogP contribution >= 0.6 is 0 Å². The molecule has 5 rings (SSSR count). The van der Waals surface area contributed by atoms with E-state index in [2.05, 4.69) is 0 Å². The van der Waals surface area contributed by atoms with E-state index < -0.39 is 40.2 Å². The van der Waals surface area contributed by atoms with Gasteiger partial charge in [0, 0.05) is 23.7 Å². The van der Waals surface area contributed by atoms with Crippen molar-refractivity contribution in [2.75, 3.05) is 4.90 Å². The maximum Gasteiger partial charge on any atom is 0.269 e. The van der Waals surface area contributed by atoms with E-state index in [0.717, 1.165) is 16.0 Å². The first-order valence-electron chi connectivity index (χ1n) is 11.2. The molecule has 4 atom stereocenters. The molecule has 2 saturated heterocycles. The second-order valence-corrected chi connectivity index (χ2v) is 10.2. The van der Waals surface area contributed by atoms with Crippen LogP contribution in [0.4, 0.5) is 11.4 Å². The van der Waals surface area contributed by atoms with Crippen LogP contribution in [0.15, 0.2) is 48.7 Å². The first-order valence-corrected chi connectivity index (χ1v) is 11.2. The number of hydrogen-bond donors (Lipinski definition) is 0. The molecule has 0 unspecified atom stereocenters. The Morgan fingerprint density at radius 2 is 1.71 bits per heavy atom. The van der Waals surface area contributed by atoms with Gasteiger partial charge in [-0.3, -0.25) is 24.5 Å². The SMILES string of the molecule is Cc1cc([N+](=O)[O-])ccc1N1C(=O)[C@@H]2[C@H](C1=O)[C@H](C(=O)C(C)(C)C)N1C=Cc3ccccc3[C@@H]21. The van der Waals surface area contributed by atoms with Crippen molar-refractivity contribution in [2.45, 2.75) is 39.8 Å². The normalized spacial score (nSPS) is 25.3. The lowest BCUT2D eigenvalue weighted by molar-refractivity contribution is -0.384. The molecule has 3 aliphatic rings. The van der Waals surface area contributed by atoms with Crippen LogP contribution in [0, 0.1) is 34.3 Å². The molecule has 0 bridgehead atoms. The first kappa shape index (κ1) is 22.0. The summed E-state index contributed by atoms with van der Waals surface area (Å²) in [4.78, 5) is 55.0. The summed E-state index contributed by atoms with van der Waals surface area (Å²) in [5.74, 6) is -2.48. The van der Waals surface area contributed by atoms with Crippen LogP contribution in [0.2, 0.25) is 0 Å². The molecule has 0 saturated carbocycles. The van der Waals surface area contributed by atoms with Crippen molar-refractivity contribution in [2.24, 2.45) is 17.3 Å². The first-order chi connectivity index (χ1) is 16.0. The van der Waals surface area contributed by atoms with Gasteiger partial charge in [-0.05, 0) is 35.8 Å². The highest BCUT2D eigenvalue weighted by atomic mass is 16.6. The van der Waals surface area contributed by atoms with Crippen LogP contribution in [0.3, 0.4) is 0 Å². The summed E-state index contributed by atoms with van der Waals surface area (Å²) >= 11 is 0. The summed E-state index contributed by atoms with van der Waals surface area (Å²) in [6, 6.07) is 10.6. The quantitative estimate of drug-likeness (QED) is 0.390. The average molecular weight is 460 g/mol. The van der Waals surface area contributed by atoms with Gasteiger partial charge in [-0.2, -0.15) is 0 Å². The van der Waals surface area contributed by atoms with Crippen molar-refractivity contribution >= 4 is 35.0 Å². The third-order valence-corrected chi connectivity index (χ3v) is 7.10. The molecule has 34 heavy (non-hydrogen) atoms. The Kier molecular flexibility index (Phi) is 4.76. The minimum absolute atomic E-state index is 0.0996. The number of carbonyl (C=O) groups is 3. The Labute approximate surface area is 197 Å². The van der Waals surface area contributed by atoms with Crippen molar-refractivity contribution in [1.82, 2.24) is 4.90 Å². The maximum atomic E-state index is 13.9. The van der Waals surface area contributed by atoms with Crippen LogP contribution in [-0.4, -0.2) is 33.5 Å². The number of rotatable bonds is 3. The number of Topliss-reactive ketones (excluding diaryl/α,β-unsaturated/α-hetero) is 1. The number of fused-ring (bicyclic) bond motifs is 5. The Hall–Kier alpha value is -3.81. The Balaban J connectivity index is 1.65. The van der Waals surface area contributed by atoms with E-state index in [1.54, 1.807) is 6.92 Å². The number of imide groups is 1. The molecule has 2 amide bonds.